The van der Waals surface area contributed by atoms with Crippen molar-refractivity contribution in [3.8, 4) is 5.75 Å². The number of morpholine rings is 1. The number of carbonyl (C=O) groups excluding carboxylic acids is 1. The molecular formula is C21H23NO4. The minimum Gasteiger partial charge on any atom is -0.491 e. The van der Waals surface area contributed by atoms with Gasteiger partial charge in [-0.2, -0.15) is 0 Å². The van der Waals surface area contributed by atoms with E-state index in [1.165, 1.54) is 0 Å². The number of hydrogen-bond donors (Lipinski definition) is 0. The van der Waals surface area contributed by atoms with Gasteiger partial charge in [0, 0.05) is 37.2 Å². The van der Waals surface area contributed by atoms with Crippen LogP contribution in [-0.2, 0) is 11.2 Å². The molecule has 1 aliphatic carbocycles. The van der Waals surface area contributed by atoms with Crippen LogP contribution in [-0.4, -0.2) is 49.6 Å². The van der Waals surface area contributed by atoms with E-state index in [4.69, 9.17) is 13.9 Å². The van der Waals surface area contributed by atoms with E-state index < -0.39 is 0 Å². The minimum atomic E-state index is 0.0359. The van der Waals surface area contributed by atoms with Crippen LogP contribution in [0.25, 0.3) is 6.08 Å². The molecule has 0 spiro atoms. The lowest BCUT2D eigenvalue weighted by molar-refractivity contribution is -0.0447. The zero-order valence-electron chi connectivity index (χ0n) is 14.7. The van der Waals surface area contributed by atoms with Crippen LogP contribution in [0.3, 0.4) is 0 Å². The van der Waals surface area contributed by atoms with E-state index in [-0.39, 0.29) is 11.9 Å². The van der Waals surface area contributed by atoms with Crippen LogP contribution in [0.15, 0.2) is 47.1 Å². The van der Waals surface area contributed by atoms with Crippen LogP contribution < -0.4 is 4.74 Å². The summed E-state index contributed by atoms with van der Waals surface area (Å²) in [5, 5.41) is 0. The maximum absolute atomic E-state index is 11.9. The van der Waals surface area contributed by atoms with Crippen molar-refractivity contribution in [3.63, 3.8) is 0 Å². The van der Waals surface area contributed by atoms with Crippen LogP contribution >= 0.6 is 0 Å². The molecule has 0 radical (unpaired) electrons. The Bertz CT molecular complexity index is 781. The molecule has 0 N–H and O–H groups in total. The number of ketones is 1. The molecule has 5 heteroatoms. The summed E-state index contributed by atoms with van der Waals surface area (Å²) in [4.78, 5) is 14.2. The monoisotopic (exact) mass is 353 g/mol. The lowest BCUT2D eigenvalue weighted by Gasteiger charge is -2.32. The fraction of sp³-hybridized carbons (Fsp3) is 0.381. The standard InChI is InChI=1S/C21H23NO4/c23-20-9-8-19-18(20)6-1-7-21(19)26-15-17-14-22(11-13-25-17)10-2-4-16-5-3-12-24-16/h1-7,12,17H,8-11,13-15H2. The molecule has 1 aliphatic heterocycles. The number of furan rings is 1. The summed E-state index contributed by atoms with van der Waals surface area (Å²) in [7, 11) is 0. The molecule has 5 nitrogen and oxygen atoms in total. The molecule has 1 aromatic heterocycles. The van der Waals surface area contributed by atoms with Gasteiger partial charge in [-0.15, -0.1) is 0 Å². The molecule has 2 aliphatic rings. The van der Waals surface area contributed by atoms with Crippen LogP contribution in [0.1, 0.15) is 28.1 Å². The predicted molar refractivity (Wildman–Crippen MR) is 98.5 cm³/mol. The van der Waals surface area contributed by atoms with Gasteiger partial charge in [-0.3, -0.25) is 9.69 Å². The zero-order chi connectivity index (χ0) is 17.8. The smallest absolute Gasteiger partial charge is 0.163 e. The number of rotatable bonds is 6. The molecule has 0 bridgehead atoms. The van der Waals surface area contributed by atoms with Crippen LogP contribution in [0.5, 0.6) is 5.75 Å². The third-order valence-corrected chi connectivity index (χ3v) is 4.87. The molecule has 1 aromatic carbocycles. The Morgan fingerprint density at radius 3 is 3.08 bits per heavy atom. The first-order chi connectivity index (χ1) is 12.8. The number of hydrogen-bond acceptors (Lipinski definition) is 5. The summed E-state index contributed by atoms with van der Waals surface area (Å²) >= 11 is 0. The number of fused-ring (bicyclic) bond motifs is 1. The molecular weight excluding hydrogens is 330 g/mol. The minimum absolute atomic E-state index is 0.0359. The van der Waals surface area contributed by atoms with Gasteiger partial charge in [-0.05, 0) is 30.7 Å². The van der Waals surface area contributed by atoms with Crippen molar-refractivity contribution in [1.29, 1.82) is 0 Å². The summed E-state index contributed by atoms with van der Waals surface area (Å²) in [5.74, 6) is 1.91. The summed E-state index contributed by atoms with van der Waals surface area (Å²) in [6.45, 7) is 3.80. The predicted octanol–water partition coefficient (Wildman–Crippen LogP) is 3.20. The first kappa shape index (κ1) is 17.1. The van der Waals surface area contributed by atoms with Gasteiger partial charge >= 0.3 is 0 Å². The topological polar surface area (TPSA) is 51.9 Å². The number of benzene rings is 1. The van der Waals surface area contributed by atoms with Gasteiger partial charge in [0.15, 0.2) is 5.78 Å². The van der Waals surface area contributed by atoms with Gasteiger partial charge < -0.3 is 13.9 Å². The molecule has 26 heavy (non-hydrogen) atoms. The van der Waals surface area contributed by atoms with Crippen LogP contribution in [0.4, 0.5) is 0 Å². The SMILES string of the molecule is O=C1CCc2c(OCC3CN(CC=Cc4ccco4)CCO3)cccc21. The number of carbonyl (C=O) groups is 1. The van der Waals surface area contributed by atoms with Crippen molar-refractivity contribution in [2.45, 2.75) is 18.9 Å². The van der Waals surface area contributed by atoms with Crippen LogP contribution in [0, 0.1) is 0 Å². The summed E-state index contributed by atoms with van der Waals surface area (Å²) in [5.41, 5.74) is 1.86. The Balaban J connectivity index is 1.30. The van der Waals surface area contributed by atoms with E-state index in [9.17, 15) is 4.79 Å². The number of Topliss-reactive ketones (excluding diaryl/α,β-unsaturated/α-hetero) is 1. The largest absolute Gasteiger partial charge is 0.491 e. The lowest BCUT2D eigenvalue weighted by atomic mass is 10.1. The average molecular weight is 353 g/mol. The van der Waals surface area contributed by atoms with E-state index in [0.717, 1.165) is 48.7 Å². The second-order valence-electron chi connectivity index (χ2n) is 6.69. The van der Waals surface area contributed by atoms with Crippen molar-refractivity contribution in [3.05, 3.63) is 59.6 Å². The highest BCUT2D eigenvalue weighted by Crippen LogP contribution is 2.30. The quantitative estimate of drug-likeness (QED) is 0.798. The third kappa shape index (κ3) is 3.89. The first-order valence-electron chi connectivity index (χ1n) is 9.11. The highest BCUT2D eigenvalue weighted by Gasteiger charge is 2.24. The molecule has 1 atom stereocenters. The molecule has 136 valence electrons. The van der Waals surface area contributed by atoms with Gasteiger partial charge in [0.2, 0.25) is 0 Å². The van der Waals surface area contributed by atoms with E-state index in [0.29, 0.717) is 19.6 Å². The van der Waals surface area contributed by atoms with E-state index in [1.807, 2.05) is 36.4 Å². The van der Waals surface area contributed by atoms with Crippen LogP contribution in [0.2, 0.25) is 0 Å². The zero-order valence-corrected chi connectivity index (χ0v) is 14.7. The number of nitrogens with zero attached hydrogens (tertiary/aromatic N) is 1. The van der Waals surface area contributed by atoms with Gasteiger partial charge in [0.25, 0.3) is 0 Å². The van der Waals surface area contributed by atoms with Gasteiger partial charge in [-0.25, -0.2) is 0 Å². The summed E-state index contributed by atoms with van der Waals surface area (Å²) in [6, 6.07) is 9.56. The Labute approximate surface area is 153 Å². The lowest BCUT2D eigenvalue weighted by Crippen LogP contribution is -2.44. The Morgan fingerprint density at radius 1 is 1.23 bits per heavy atom. The highest BCUT2D eigenvalue weighted by molar-refractivity contribution is 6.01. The van der Waals surface area contributed by atoms with E-state index in [2.05, 4.69) is 11.0 Å². The highest BCUT2D eigenvalue weighted by atomic mass is 16.5. The third-order valence-electron chi connectivity index (χ3n) is 4.87. The van der Waals surface area contributed by atoms with Gasteiger partial charge in [-0.1, -0.05) is 18.2 Å². The Hall–Kier alpha value is -2.37. The second-order valence-corrected chi connectivity index (χ2v) is 6.69. The Kier molecular flexibility index (Phi) is 5.18. The van der Waals surface area contributed by atoms with E-state index in [1.54, 1.807) is 6.26 Å². The maximum Gasteiger partial charge on any atom is 0.163 e. The molecule has 0 amide bonds. The molecule has 1 saturated heterocycles. The van der Waals surface area contributed by atoms with E-state index >= 15 is 0 Å². The van der Waals surface area contributed by atoms with Crippen molar-refractivity contribution < 1.29 is 18.7 Å². The molecule has 0 saturated carbocycles. The molecule has 2 aromatic rings. The maximum atomic E-state index is 11.9. The van der Waals surface area contributed by atoms with Crippen molar-refractivity contribution in [1.82, 2.24) is 4.90 Å². The van der Waals surface area contributed by atoms with Crippen molar-refractivity contribution in [2.24, 2.45) is 0 Å². The van der Waals surface area contributed by atoms with Crippen molar-refractivity contribution in [2.75, 3.05) is 32.8 Å². The average Bonchev–Trinajstić information content (AvgIpc) is 3.31. The van der Waals surface area contributed by atoms with Crippen molar-refractivity contribution >= 4 is 11.9 Å². The first-order valence-corrected chi connectivity index (χ1v) is 9.11. The molecule has 1 fully saturated rings. The summed E-state index contributed by atoms with van der Waals surface area (Å²) in [6.07, 6.45) is 7.18. The fourth-order valence-corrected chi connectivity index (χ4v) is 3.53. The van der Waals surface area contributed by atoms with Gasteiger partial charge in [0.1, 0.15) is 24.2 Å². The summed E-state index contributed by atoms with van der Waals surface area (Å²) < 4.78 is 17.2. The second kappa shape index (κ2) is 7.89. The van der Waals surface area contributed by atoms with Gasteiger partial charge in [0.05, 0.1) is 12.9 Å². The fourth-order valence-electron chi connectivity index (χ4n) is 3.53. The normalized spacial score (nSPS) is 20.6. The number of ether oxygens (including phenoxy) is 2. The molecule has 1 unspecified atom stereocenters. The molecule has 2 heterocycles. The molecule has 4 rings (SSSR count). The Morgan fingerprint density at radius 2 is 2.19 bits per heavy atom.